The summed E-state index contributed by atoms with van der Waals surface area (Å²) >= 11 is 22.1. The van der Waals surface area contributed by atoms with Gasteiger partial charge in [0, 0.05) is 0 Å². The van der Waals surface area contributed by atoms with Gasteiger partial charge in [-0.3, -0.25) is 4.79 Å². The maximum atomic E-state index is 12.0. The quantitative estimate of drug-likeness (QED) is 0.800. The fourth-order valence-corrected chi connectivity index (χ4v) is 2.39. The lowest BCUT2D eigenvalue weighted by atomic mass is 10.1. The molecular weight excluding hydrogens is 318 g/mol. The van der Waals surface area contributed by atoms with Crippen molar-refractivity contribution in [2.45, 2.75) is 13.8 Å². The number of nitrogens with zero attached hydrogens (tertiary/aromatic N) is 1. The first-order valence-corrected chi connectivity index (χ1v) is 6.52. The molecule has 1 aliphatic rings. The summed E-state index contributed by atoms with van der Waals surface area (Å²) in [5.74, 6) is -0.719. The fraction of sp³-hybridized carbons (Fsp3) is 0.455. The van der Waals surface area contributed by atoms with Crippen molar-refractivity contribution >= 4 is 52.3 Å². The molecule has 0 aromatic carbocycles. The summed E-state index contributed by atoms with van der Waals surface area (Å²) in [6.45, 7) is 3.82. The molecular formula is C11H10Cl4N2O. The average molecular weight is 328 g/mol. The molecule has 1 saturated carbocycles. The van der Waals surface area contributed by atoms with Gasteiger partial charge in [0.25, 0.3) is 0 Å². The third kappa shape index (κ3) is 3.33. The Balaban J connectivity index is 2.80. The van der Waals surface area contributed by atoms with Gasteiger partial charge in [0.05, 0.1) is 5.92 Å². The first kappa shape index (κ1) is 15.7. The van der Waals surface area contributed by atoms with Gasteiger partial charge in [-0.25, -0.2) is 0 Å². The molecule has 0 heterocycles. The number of hydrogen-bond acceptors (Lipinski definition) is 2. The number of nitriles is 1. The Hall–Kier alpha value is -0.400. The molecule has 1 amide bonds. The van der Waals surface area contributed by atoms with Gasteiger partial charge >= 0.3 is 0 Å². The van der Waals surface area contributed by atoms with Crippen LogP contribution in [0.15, 0.2) is 20.8 Å². The zero-order chi connectivity index (χ0) is 14.1. The van der Waals surface area contributed by atoms with Crippen molar-refractivity contribution in [2.24, 2.45) is 17.3 Å². The normalized spacial score (nSPS) is 23.6. The van der Waals surface area contributed by atoms with Crippen LogP contribution in [0.1, 0.15) is 13.8 Å². The van der Waals surface area contributed by atoms with Crippen molar-refractivity contribution in [3.05, 3.63) is 20.8 Å². The Labute approximate surface area is 125 Å². The molecule has 1 aliphatic carbocycles. The first-order valence-electron chi connectivity index (χ1n) is 5.01. The summed E-state index contributed by atoms with van der Waals surface area (Å²) < 4.78 is -0.151. The predicted octanol–water partition coefficient (Wildman–Crippen LogP) is 3.86. The van der Waals surface area contributed by atoms with Crippen LogP contribution in [-0.2, 0) is 4.79 Å². The highest BCUT2D eigenvalue weighted by Crippen LogP contribution is 2.59. The van der Waals surface area contributed by atoms with Gasteiger partial charge in [-0.1, -0.05) is 60.3 Å². The van der Waals surface area contributed by atoms with E-state index in [9.17, 15) is 4.79 Å². The standard InChI is InChI=1S/C11H10Cl4N2O/c1-11(2)5(3-7(12)13)8(11)10(18)17-6(4-16)9(14)15/h3,5,8H,1-2H3,(H,17,18)/t5-,8+/m1/s1. The lowest BCUT2D eigenvalue weighted by molar-refractivity contribution is -0.122. The van der Waals surface area contributed by atoms with E-state index in [0.29, 0.717) is 0 Å². The van der Waals surface area contributed by atoms with Gasteiger partial charge < -0.3 is 5.32 Å². The van der Waals surface area contributed by atoms with Gasteiger partial charge in [-0.2, -0.15) is 5.26 Å². The van der Waals surface area contributed by atoms with E-state index in [4.69, 9.17) is 51.7 Å². The van der Waals surface area contributed by atoms with Crippen LogP contribution >= 0.6 is 46.4 Å². The maximum Gasteiger partial charge on any atom is 0.229 e. The van der Waals surface area contributed by atoms with Crippen LogP contribution in [0, 0.1) is 28.6 Å². The summed E-state index contributed by atoms with van der Waals surface area (Å²) in [4.78, 5) is 12.0. The molecule has 7 heteroatoms. The number of hydrogen-bond donors (Lipinski definition) is 1. The molecule has 0 spiro atoms. The molecule has 1 rings (SSSR count). The smallest absolute Gasteiger partial charge is 0.229 e. The van der Waals surface area contributed by atoms with E-state index in [1.807, 2.05) is 13.8 Å². The SMILES string of the molecule is CC1(C)[C@H](C=C(Cl)Cl)[C@H]1C(=O)NC(C#N)=C(Cl)Cl. The molecule has 0 bridgehead atoms. The second-order valence-corrected chi connectivity index (χ2v) is 6.47. The number of halogens is 4. The summed E-state index contributed by atoms with van der Waals surface area (Å²) in [7, 11) is 0. The number of allylic oxidation sites excluding steroid dienone is 2. The molecule has 0 unspecified atom stereocenters. The van der Waals surface area contributed by atoms with Crippen LogP contribution in [0.3, 0.4) is 0 Å². The van der Waals surface area contributed by atoms with E-state index in [2.05, 4.69) is 5.32 Å². The highest BCUT2D eigenvalue weighted by molar-refractivity contribution is 6.56. The first-order chi connectivity index (χ1) is 8.21. The van der Waals surface area contributed by atoms with Gasteiger partial charge in [0.15, 0.2) is 5.70 Å². The summed E-state index contributed by atoms with van der Waals surface area (Å²) in [5.41, 5.74) is -0.427. The second-order valence-electron chi connectivity index (χ2n) is 4.52. The van der Waals surface area contributed by atoms with E-state index in [1.54, 1.807) is 12.1 Å². The monoisotopic (exact) mass is 326 g/mol. The van der Waals surface area contributed by atoms with Crippen molar-refractivity contribution in [1.29, 1.82) is 5.26 Å². The zero-order valence-corrected chi connectivity index (χ0v) is 12.6. The third-order valence-corrected chi connectivity index (χ3v) is 3.68. The van der Waals surface area contributed by atoms with Crippen molar-refractivity contribution < 1.29 is 4.79 Å². The molecule has 0 aromatic rings. The average Bonchev–Trinajstić information content (AvgIpc) is 2.75. The Morgan fingerprint density at radius 1 is 1.33 bits per heavy atom. The van der Waals surface area contributed by atoms with Crippen molar-refractivity contribution in [3.8, 4) is 6.07 Å². The Kier molecular flexibility index (Phi) is 4.97. The van der Waals surface area contributed by atoms with E-state index in [-0.39, 0.29) is 37.8 Å². The fourth-order valence-electron chi connectivity index (χ4n) is 1.94. The molecule has 1 fully saturated rings. The molecule has 2 atom stereocenters. The molecule has 0 aromatic heterocycles. The summed E-state index contributed by atoms with van der Waals surface area (Å²) in [5, 5.41) is 11.1. The number of carbonyl (C=O) groups excluding carboxylic acids is 1. The van der Waals surface area contributed by atoms with E-state index in [0.717, 1.165) is 0 Å². The van der Waals surface area contributed by atoms with Gasteiger partial charge in [-0.15, -0.1) is 0 Å². The zero-order valence-electron chi connectivity index (χ0n) is 9.60. The minimum atomic E-state index is -0.328. The predicted molar refractivity (Wildman–Crippen MR) is 73.0 cm³/mol. The van der Waals surface area contributed by atoms with Gasteiger partial charge in [0.1, 0.15) is 15.1 Å². The lowest BCUT2D eigenvalue weighted by Crippen LogP contribution is -2.26. The molecule has 3 nitrogen and oxygen atoms in total. The molecule has 1 N–H and O–H groups in total. The molecule has 18 heavy (non-hydrogen) atoms. The van der Waals surface area contributed by atoms with Crippen LogP contribution in [0.4, 0.5) is 0 Å². The van der Waals surface area contributed by atoms with Crippen molar-refractivity contribution in [3.63, 3.8) is 0 Å². The van der Waals surface area contributed by atoms with Crippen molar-refractivity contribution in [2.75, 3.05) is 0 Å². The maximum absolute atomic E-state index is 12.0. The minimum Gasteiger partial charge on any atom is -0.315 e. The summed E-state index contributed by atoms with van der Waals surface area (Å²) in [6, 6.07) is 1.71. The lowest BCUT2D eigenvalue weighted by Gasteiger charge is -2.04. The Morgan fingerprint density at radius 3 is 2.28 bits per heavy atom. The van der Waals surface area contributed by atoms with Crippen LogP contribution in [0.5, 0.6) is 0 Å². The van der Waals surface area contributed by atoms with Crippen LogP contribution in [0.2, 0.25) is 0 Å². The van der Waals surface area contributed by atoms with Crippen LogP contribution in [-0.4, -0.2) is 5.91 Å². The van der Waals surface area contributed by atoms with E-state index in [1.165, 1.54) is 0 Å². The van der Waals surface area contributed by atoms with Gasteiger partial charge in [0.2, 0.25) is 5.91 Å². The second kappa shape index (κ2) is 5.71. The van der Waals surface area contributed by atoms with E-state index < -0.39 is 0 Å². The van der Waals surface area contributed by atoms with Crippen LogP contribution in [0.25, 0.3) is 0 Å². The third-order valence-electron chi connectivity index (χ3n) is 3.05. The molecule has 0 aliphatic heterocycles. The number of amides is 1. The Morgan fingerprint density at radius 2 is 1.89 bits per heavy atom. The number of carbonyl (C=O) groups is 1. The minimum absolute atomic E-state index is 0.0726. The highest BCUT2D eigenvalue weighted by Gasteiger charge is 2.60. The van der Waals surface area contributed by atoms with Crippen LogP contribution < -0.4 is 5.32 Å². The number of nitrogens with one attached hydrogen (secondary N) is 1. The topological polar surface area (TPSA) is 52.9 Å². The highest BCUT2D eigenvalue weighted by atomic mass is 35.5. The summed E-state index contributed by atoms with van der Waals surface area (Å²) in [6.07, 6.45) is 1.62. The van der Waals surface area contributed by atoms with Crippen molar-refractivity contribution in [1.82, 2.24) is 5.32 Å². The largest absolute Gasteiger partial charge is 0.315 e. The van der Waals surface area contributed by atoms with Gasteiger partial charge in [-0.05, 0) is 17.4 Å². The molecule has 0 saturated heterocycles. The Bertz CT molecular complexity index is 468. The molecule has 0 radical (unpaired) electrons. The number of rotatable bonds is 3. The molecule has 98 valence electrons. The van der Waals surface area contributed by atoms with E-state index >= 15 is 0 Å².